The van der Waals surface area contributed by atoms with Crippen LogP contribution in [0.3, 0.4) is 0 Å². The fourth-order valence-electron chi connectivity index (χ4n) is 2.23. The highest BCUT2D eigenvalue weighted by molar-refractivity contribution is 5.36. The third-order valence-corrected chi connectivity index (χ3v) is 3.24. The molecule has 4 nitrogen and oxygen atoms in total. The fraction of sp³-hybridized carbons (Fsp3) is 0.500. The van der Waals surface area contributed by atoms with E-state index in [4.69, 9.17) is 0 Å². The molecule has 0 fully saturated rings. The Morgan fingerprint density at radius 1 is 1.30 bits per heavy atom. The Morgan fingerprint density at radius 2 is 2.10 bits per heavy atom. The van der Waals surface area contributed by atoms with Gasteiger partial charge >= 0.3 is 0 Å². The second kappa shape index (κ2) is 6.66. The molecule has 2 rings (SSSR count). The molecule has 0 saturated carbocycles. The second-order valence-corrected chi connectivity index (χ2v) is 5.48. The summed E-state index contributed by atoms with van der Waals surface area (Å²) in [5.41, 5.74) is 2.40. The van der Waals surface area contributed by atoms with Crippen LogP contribution in [0.5, 0.6) is 0 Å². The Labute approximate surface area is 121 Å². The van der Waals surface area contributed by atoms with Crippen LogP contribution in [0.4, 0.5) is 0 Å². The molecular formula is C16H24N4. The van der Waals surface area contributed by atoms with Gasteiger partial charge in [-0.2, -0.15) is 0 Å². The monoisotopic (exact) mass is 272 g/mol. The Bertz CT molecular complexity index is 557. The van der Waals surface area contributed by atoms with Crippen molar-refractivity contribution in [1.82, 2.24) is 19.9 Å². The Kier molecular flexibility index (Phi) is 4.90. The molecule has 0 bridgehead atoms. The number of aromatic nitrogens is 3. The van der Waals surface area contributed by atoms with Crippen molar-refractivity contribution in [1.29, 1.82) is 0 Å². The van der Waals surface area contributed by atoms with Crippen LogP contribution in [0.1, 0.15) is 44.1 Å². The van der Waals surface area contributed by atoms with Gasteiger partial charge in [-0.05, 0) is 30.5 Å². The van der Waals surface area contributed by atoms with Crippen molar-refractivity contribution in [3.8, 4) is 5.82 Å². The van der Waals surface area contributed by atoms with Crippen molar-refractivity contribution in [3.05, 3.63) is 41.6 Å². The summed E-state index contributed by atoms with van der Waals surface area (Å²) in [6, 6.07) is 2.69. The Balaban J connectivity index is 2.23. The molecule has 0 amide bonds. The second-order valence-electron chi connectivity index (χ2n) is 5.48. The average Bonchev–Trinajstić information content (AvgIpc) is 2.85. The molecule has 1 N–H and O–H groups in total. The van der Waals surface area contributed by atoms with Crippen molar-refractivity contribution >= 4 is 0 Å². The molecule has 2 heterocycles. The predicted molar refractivity (Wildman–Crippen MR) is 82.1 cm³/mol. The highest BCUT2D eigenvalue weighted by atomic mass is 15.1. The number of nitrogens with zero attached hydrogens (tertiary/aromatic N) is 3. The van der Waals surface area contributed by atoms with Gasteiger partial charge in [-0.1, -0.05) is 20.8 Å². The summed E-state index contributed by atoms with van der Waals surface area (Å²) >= 11 is 0. The molecule has 0 aliphatic rings. The first kappa shape index (κ1) is 14.7. The maximum Gasteiger partial charge on any atom is 0.140 e. The highest BCUT2D eigenvalue weighted by Crippen LogP contribution is 2.15. The number of aryl methyl sites for hydroxylation is 2. The van der Waals surface area contributed by atoms with Crippen LogP contribution in [0, 0.1) is 6.92 Å². The van der Waals surface area contributed by atoms with E-state index in [-0.39, 0.29) is 0 Å². The van der Waals surface area contributed by atoms with Gasteiger partial charge in [0.15, 0.2) is 0 Å². The topological polar surface area (TPSA) is 42.7 Å². The summed E-state index contributed by atoms with van der Waals surface area (Å²) in [5.74, 6) is 2.07. The van der Waals surface area contributed by atoms with Crippen LogP contribution in [0.25, 0.3) is 5.82 Å². The molecule has 4 heteroatoms. The van der Waals surface area contributed by atoms with Gasteiger partial charge in [0.05, 0.1) is 0 Å². The number of hydrogen-bond acceptors (Lipinski definition) is 3. The molecule has 2 aromatic rings. The van der Waals surface area contributed by atoms with Crippen LogP contribution >= 0.6 is 0 Å². The van der Waals surface area contributed by atoms with Crippen molar-refractivity contribution in [2.24, 2.45) is 0 Å². The van der Waals surface area contributed by atoms with E-state index in [1.165, 1.54) is 11.1 Å². The molecule has 0 aliphatic carbocycles. The van der Waals surface area contributed by atoms with E-state index in [9.17, 15) is 0 Å². The third kappa shape index (κ3) is 3.45. The first-order valence-electron chi connectivity index (χ1n) is 7.33. The predicted octanol–water partition coefficient (Wildman–Crippen LogP) is 3.03. The van der Waals surface area contributed by atoms with Gasteiger partial charge in [-0.3, -0.25) is 4.57 Å². The minimum absolute atomic E-state index is 0.486. The van der Waals surface area contributed by atoms with Crippen LogP contribution in [-0.4, -0.2) is 20.6 Å². The van der Waals surface area contributed by atoms with Crippen molar-refractivity contribution < 1.29 is 0 Å². The maximum atomic E-state index is 4.62. The van der Waals surface area contributed by atoms with E-state index in [0.717, 1.165) is 31.0 Å². The van der Waals surface area contributed by atoms with Crippen molar-refractivity contribution in [2.75, 3.05) is 0 Å². The lowest BCUT2D eigenvalue weighted by Crippen LogP contribution is -2.22. The van der Waals surface area contributed by atoms with Crippen LogP contribution < -0.4 is 5.32 Å². The van der Waals surface area contributed by atoms with Gasteiger partial charge in [0.2, 0.25) is 0 Å². The van der Waals surface area contributed by atoms with E-state index in [2.05, 4.69) is 53.6 Å². The van der Waals surface area contributed by atoms with E-state index in [1.807, 2.05) is 18.6 Å². The molecule has 0 aromatic carbocycles. The summed E-state index contributed by atoms with van der Waals surface area (Å²) in [7, 11) is 0. The van der Waals surface area contributed by atoms with Gasteiger partial charge in [0.1, 0.15) is 11.6 Å². The lowest BCUT2D eigenvalue weighted by molar-refractivity contribution is 0.587. The van der Waals surface area contributed by atoms with Gasteiger partial charge in [-0.15, -0.1) is 0 Å². The zero-order chi connectivity index (χ0) is 14.5. The zero-order valence-corrected chi connectivity index (χ0v) is 12.8. The summed E-state index contributed by atoms with van der Waals surface area (Å²) in [6.45, 7) is 9.43. The number of pyridine rings is 1. The first-order valence-corrected chi connectivity index (χ1v) is 7.33. The van der Waals surface area contributed by atoms with E-state index in [1.54, 1.807) is 0 Å². The lowest BCUT2D eigenvalue weighted by atomic mass is 10.2. The van der Waals surface area contributed by atoms with E-state index < -0.39 is 0 Å². The summed E-state index contributed by atoms with van der Waals surface area (Å²) in [5, 5.41) is 3.42. The number of hydrogen-bond donors (Lipinski definition) is 1. The molecule has 2 aromatic heterocycles. The minimum atomic E-state index is 0.486. The maximum absolute atomic E-state index is 4.62. The smallest absolute Gasteiger partial charge is 0.140 e. The number of imidazole rings is 1. The van der Waals surface area contributed by atoms with Crippen LogP contribution in [0.2, 0.25) is 0 Å². The largest absolute Gasteiger partial charge is 0.310 e. The SMILES string of the molecule is CCCc1nccn1-c1ncc(CNC(C)C)cc1C. The summed E-state index contributed by atoms with van der Waals surface area (Å²) in [4.78, 5) is 9.04. The molecule has 0 saturated heterocycles. The molecule has 108 valence electrons. The minimum Gasteiger partial charge on any atom is -0.310 e. The van der Waals surface area contributed by atoms with Crippen LogP contribution in [0.15, 0.2) is 24.7 Å². The van der Waals surface area contributed by atoms with Gasteiger partial charge in [-0.25, -0.2) is 9.97 Å². The number of rotatable bonds is 6. The molecular weight excluding hydrogens is 248 g/mol. The van der Waals surface area contributed by atoms with Gasteiger partial charge in [0.25, 0.3) is 0 Å². The van der Waals surface area contributed by atoms with Gasteiger partial charge < -0.3 is 5.32 Å². The van der Waals surface area contributed by atoms with Crippen molar-refractivity contribution in [3.63, 3.8) is 0 Å². The van der Waals surface area contributed by atoms with Crippen molar-refractivity contribution in [2.45, 2.75) is 53.1 Å². The first-order chi connectivity index (χ1) is 9.61. The molecule has 0 radical (unpaired) electrons. The summed E-state index contributed by atoms with van der Waals surface area (Å²) < 4.78 is 2.10. The average molecular weight is 272 g/mol. The Hall–Kier alpha value is -1.68. The lowest BCUT2D eigenvalue weighted by Gasteiger charge is -2.12. The highest BCUT2D eigenvalue weighted by Gasteiger charge is 2.09. The number of nitrogens with one attached hydrogen (secondary N) is 1. The molecule has 0 aliphatic heterocycles. The van der Waals surface area contributed by atoms with Crippen LogP contribution in [-0.2, 0) is 13.0 Å². The third-order valence-electron chi connectivity index (χ3n) is 3.24. The zero-order valence-electron chi connectivity index (χ0n) is 12.8. The van der Waals surface area contributed by atoms with Gasteiger partial charge in [0, 0.05) is 37.6 Å². The molecule has 0 spiro atoms. The van der Waals surface area contributed by atoms with E-state index in [0.29, 0.717) is 6.04 Å². The normalized spacial score (nSPS) is 11.2. The fourth-order valence-corrected chi connectivity index (χ4v) is 2.23. The molecule has 0 atom stereocenters. The molecule has 0 unspecified atom stereocenters. The Morgan fingerprint density at radius 3 is 2.75 bits per heavy atom. The van der Waals surface area contributed by atoms with E-state index >= 15 is 0 Å². The quantitative estimate of drug-likeness (QED) is 0.879. The molecule has 20 heavy (non-hydrogen) atoms. The summed E-state index contributed by atoms with van der Waals surface area (Å²) in [6.07, 6.45) is 7.86. The standard InChI is InChI=1S/C16H24N4/c1-5-6-15-17-7-8-20(15)16-13(4)9-14(11-19-16)10-18-12(2)3/h7-9,11-12,18H,5-6,10H2,1-4H3.